The second kappa shape index (κ2) is 4.94. The summed E-state index contributed by atoms with van der Waals surface area (Å²) < 4.78 is 2.12. The zero-order chi connectivity index (χ0) is 11.8. The lowest BCUT2D eigenvalue weighted by molar-refractivity contribution is 1.09. The van der Waals surface area contributed by atoms with Crippen molar-refractivity contribution < 1.29 is 0 Å². The van der Waals surface area contributed by atoms with E-state index >= 15 is 0 Å². The molecule has 0 aliphatic heterocycles. The third-order valence-corrected chi connectivity index (χ3v) is 3.04. The van der Waals surface area contributed by atoms with Crippen molar-refractivity contribution in [1.82, 2.24) is 9.38 Å². The largest absolute Gasteiger partial charge is 0.304 e. The summed E-state index contributed by atoms with van der Waals surface area (Å²) in [5.41, 5.74) is 5.67. The minimum absolute atomic E-state index is 0. The van der Waals surface area contributed by atoms with E-state index in [0.717, 1.165) is 11.3 Å². The van der Waals surface area contributed by atoms with Crippen molar-refractivity contribution in [1.29, 1.82) is 0 Å². The minimum atomic E-state index is 0. The van der Waals surface area contributed by atoms with Crippen molar-refractivity contribution >= 4 is 22.6 Å². The number of hydrogen-bond acceptors (Lipinski definition) is 1. The quantitative estimate of drug-likeness (QED) is 0.658. The fourth-order valence-electron chi connectivity index (χ4n) is 2.01. The Hall–Kier alpha value is -1.61. The first-order valence-electron chi connectivity index (χ1n) is 5.76. The van der Waals surface area contributed by atoms with Crippen molar-refractivity contribution in [2.45, 2.75) is 13.8 Å². The van der Waals surface area contributed by atoms with Crippen LogP contribution >= 0.6 is 17.0 Å². The summed E-state index contributed by atoms with van der Waals surface area (Å²) in [7, 11) is 0. The molecule has 1 aromatic carbocycles. The van der Waals surface area contributed by atoms with Gasteiger partial charge in [-0.2, -0.15) is 0 Å². The van der Waals surface area contributed by atoms with Gasteiger partial charge in [-0.05, 0) is 26.0 Å². The van der Waals surface area contributed by atoms with Crippen LogP contribution in [0.25, 0.3) is 16.9 Å². The standard InChI is InChI=1S/C15H14N2.BrH/c1-11-6-8-13(9-7-11)14-10-17-12(2)4-3-5-15(17)16-14;/h3-10H,1-2H3;1H. The van der Waals surface area contributed by atoms with Gasteiger partial charge in [-0.3, -0.25) is 0 Å². The molecule has 2 nitrogen and oxygen atoms in total. The summed E-state index contributed by atoms with van der Waals surface area (Å²) in [5, 5.41) is 0. The van der Waals surface area contributed by atoms with Gasteiger partial charge in [0.05, 0.1) is 5.69 Å². The number of fused-ring (bicyclic) bond motifs is 1. The van der Waals surface area contributed by atoms with Gasteiger partial charge in [-0.1, -0.05) is 35.9 Å². The van der Waals surface area contributed by atoms with Crippen LogP contribution in [-0.4, -0.2) is 9.38 Å². The summed E-state index contributed by atoms with van der Waals surface area (Å²) in [4.78, 5) is 4.64. The van der Waals surface area contributed by atoms with E-state index in [2.05, 4.69) is 59.8 Å². The summed E-state index contributed by atoms with van der Waals surface area (Å²) >= 11 is 0. The summed E-state index contributed by atoms with van der Waals surface area (Å²) in [5.74, 6) is 0. The molecule has 0 amide bonds. The van der Waals surface area contributed by atoms with E-state index in [1.807, 2.05) is 12.1 Å². The summed E-state index contributed by atoms with van der Waals surface area (Å²) in [6, 6.07) is 14.6. The first kappa shape index (κ1) is 12.8. The highest BCUT2D eigenvalue weighted by Crippen LogP contribution is 2.20. The van der Waals surface area contributed by atoms with Crippen LogP contribution < -0.4 is 0 Å². The lowest BCUT2D eigenvalue weighted by atomic mass is 10.1. The SMILES string of the molecule is Br.Cc1ccc(-c2cn3c(C)cccc3n2)cc1. The number of nitrogens with zero attached hydrogens (tertiary/aromatic N) is 2. The maximum absolute atomic E-state index is 4.64. The fourth-order valence-corrected chi connectivity index (χ4v) is 2.01. The third-order valence-electron chi connectivity index (χ3n) is 3.04. The topological polar surface area (TPSA) is 17.3 Å². The highest BCUT2D eigenvalue weighted by molar-refractivity contribution is 8.93. The number of imidazole rings is 1. The molecule has 3 rings (SSSR count). The second-order valence-electron chi connectivity index (χ2n) is 4.39. The average molecular weight is 303 g/mol. The predicted molar refractivity (Wildman–Crippen MR) is 80.4 cm³/mol. The van der Waals surface area contributed by atoms with Crippen molar-refractivity contribution in [2.75, 3.05) is 0 Å². The zero-order valence-corrected chi connectivity index (χ0v) is 12.1. The molecule has 92 valence electrons. The van der Waals surface area contributed by atoms with Gasteiger partial charge in [0.1, 0.15) is 5.65 Å². The highest BCUT2D eigenvalue weighted by Gasteiger charge is 2.04. The Morgan fingerprint density at radius 2 is 1.67 bits per heavy atom. The molecule has 2 aromatic heterocycles. The maximum atomic E-state index is 4.64. The van der Waals surface area contributed by atoms with E-state index in [1.54, 1.807) is 0 Å². The van der Waals surface area contributed by atoms with E-state index in [9.17, 15) is 0 Å². The van der Waals surface area contributed by atoms with Crippen LogP contribution in [0.4, 0.5) is 0 Å². The smallest absolute Gasteiger partial charge is 0.137 e. The molecule has 3 aromatic rings. The Morgan fingerprint density at radius 3 is 2.33 bits per heavy atom. The van der Waals surface area contributed by atoms with Gasteiger partial charge in [-0.15, -0.1) is 17.0 Å². The maximum Gasteiger partial charge on any atom is 0.137 e. The molecule has 3 heteroatoms. The van der Waals surface area contributed by atoms with E-state index in [-0.39, 0.29) is 17.0 Å². The number of benzene rings is 1. The Morgan fingerprint density at radius 1 is 0.944 bits per heavy atom. The predicted octanol–water partition coefficient (Wildman–Crippen LogP) is 4.20. The number of aromatic nitrogens is 2. The molecule has 0 spiro atoms. The van der Waals surface area contributed by atoms with Crippen LogP contribution in [0.1, 0.15) is 11.3 Å². The number of aryl methyl sites for hydroxylation is 2. The van der Waals surface area contributed by atoms with Gasteiger partial charge in [-0.25, -0.2) is 4.98 Å². The third kappa shape index (κ3) is 2.18. The van der Waals surface area contributed by atoms with E-state index in [4.69, 9.17) is 0 Å². The molecular weight excluding hydrogens is 288 g/mol. The van der Waals surface area contributed by atoms with Crippen molar-refractivity contribution in [3.8, 4) is 11.3 Å². The molecule has 0 radical (unpaired) electrons. The lowest BCUT2D eigenvalue weighted by Crippen LogP contribution is -1.86. The number of halogens is 1. The first-order valence-corrected chi connectivity index (χ1v) is 5.76. The molecule has 0 bridgehead atoms. The van der Waals surface area contributed by atoms with Crippen LogP contribution in [0, 0.1) is 13.8 Å². The molecular formula is C15H15BrN2. The van der Waals surface area contributed by atoms with Gasteiger partial charge in [0.2, 0.25) is 0 Å². The van der Waals surface area contributed by atoms with Crippen LogP contribution in [0.3, 0.4) is 0 Å². The Kier molecular flexibility index (Phi) is 3.53. The number of rotatable bonds is 1. The molecule has 0 saturated carbocycles. The second-order valence-corrected chi connectivity index (χ2v) is 4.39. The Labute approximate surface area is 117 Å². The number of hydrogen-bond donors (Lipinski definition) is 0. The van der Waals surface area contributed by atoms with Crippen molar-refractivity contribution in [3.63, 3.8) is 0 Å². The molecule has 0 N–H and O–H groups in total. The summed E-state index contributed by atoms with van der Waals surface area (Å²) in [6.45, 7) is 4.19. The number of pyridine rings is 1. The lowest BCUT2D eigenvalue weighted by Gasteiger charge is -1.97. The Balaban J connectivity index is 0.00000120. The highest BCUT2D eigenvalue weighted by atomic mass is 79.9. The molecule has 0 unspecified atom stereocenters. The van der Waals surface area contributed by atoms with Gasteiger partial charge in [0, 0.05) is 17.5 Å². The van der Waals surface area contributed by atoms with E-state index in [1.165, 1.54) is 16.8 Å². The molecule has 18 heavy (non-hydrogen) atoms. The van der Waals surface area contributed by atoms with Crippen molar-refractivity contribution in [2.24, 2.45) is 0 Å². The molecule has 0 atom stereocenters. The van der Waals surface area contributed by atoms with Crippen LogP contribution in [0.5, 0.6) is 0 Å². The monoisotopic (exact) mass is 302 g/mol. The normalized spacial score (nSPS) is 10.3. The summed E-state index contributed by atoms with van der Waals surface area (Å²) in [6.07, 6.45) is 2.09. The van der Waals surface area contributed by atoms with Gasteiger partial charge in [0.25, 0.3) is 0 Å². The average Bonchev–Trinajstić information content (AvgIpc) is 2.75. The van der Waals surface area contributed by atoms with E-state index < -0.39 is 0 Å². The van der Waals surface area contributed by atoms with Gasteiger partial charge < -0.3 is 4.40 Å². The van der Waals surface area contributed by atoms with Crippen molar-refractivity contribution in [3.05, 3.63) is 59.9 Å². The fraction of sp³-hybridized carbons (Fsp3) is 0.133. The zero-order valence-electron chi connectivity index (χ0n) is 10.4. The van der Waals surface area contributed by atoms with Gasteiger partial charge in [0.15, 0.2) is 0 Å². The molecule has 0 fully saturated rings. The van der Waals surface area contributed by atoms with Crippen LogP contribution in [0.2, 0.25) is 0 Å². The Bertz CT molecular complexity index is 669. The molecule has 0 saturated heterocycles. The molecule has 0 aliphatic carbocycles. The van der Waals surface area contributed by atoms with Gasteiger partial charge >= 0.3 is 0 Å². The minimum Gasteiger partial charge on any atom is -0.304 e. The van der Waals surface area contributed by atoms with E-state index in [0.29, 0.717) is 0 Å². The van der Waals surface area contributed by atoms with Crippen LogP contribution in [-0.2, 0) is 0 Å². The molecule has 0 aliphatic rings. The van der Waals surface area contributed by atoms with Crippen LogP contribution in [0.15, 0.2) is 48.7 Å². The molecule has 2 heterocycles. The first-order chi connectivity index (χ1) is 8.24.